The summed E-state index contributed by atoms with van der Waals surface area (Å²) < 4.78 is 11.1. The van der Waals surface area contributed by atoms with Gasteiger partial charge in [0.05, 0.1) is 11.6 Å². The summed E-state index contributed by atoms with van der Waals surface area (Å²) in [6.07, 6.45) is 1.67. The van der Waals surface area contributed by atoms with Crippen molar-refractivity contribution in [3.05, 3.63) is 60.9 Å². The Kier molecular flexibility index (Phi) is 2.11. The molecule has 0 radical (unpaired) electrons. The molecular weight excluding hydrogens is 200 g/mol. The maximum Gasteiger partial charge on any atom is 0.138 e. The van der Waals surface area contributed by atoms with Gasteiger partial charge in [0.1, 0.15) is 17.1 Å². The highest BCUT2D eigenvalue weighted by atomic mass is 16.5. The molecule has 0 unspecified atom stereocenters. The minimum Gasteiger partial charge on any atom is -0.464 e. The predicted octanol–water partition coefficient (Wildman–Crippen LogP) is 4.23. The maximum atomic E-state index is 5.79. The number of fused-ring (bicyclic) bond motifs is 1. The minimum absolute atomic E-state index is 0.817. The van der Waals surface area contributed by atoms with Gasteiger partial charge in [-0.25, -0.2) is 0 Å². The molecule has 1 aromatic heterocycles. The Bertz CT molecular complexity index is 596. The SMILES string of the molecule is c1ccc(Oc2cccc3occc23)cc1. The van der Waals surface area contributed by atoms with E-state index < -0.39 is 0 Å². The van der Waals surface area contributed by atoms with Crippen molar-refractivity contribution in [1.29, 1.82) is 0 Å². The summed E-state index contributed by atoms with van der Waals surface area (Å²) in [4.78, 5) is 0. The van der Waals surface area contributed by atoms with Crippen LogP contribution in [0.15, 0.2) is 65.3 Å². The van der Waals surface area contributed by atoms with Crippen molar-refractivity contribution in [1.82, 2.24) is 0 Å². The van der Waals surface area contributed by atoms with Crippen LogP contribution in [0, 0.1) is 0 Å². The number of ether oxygens (including phenoxy) is 1. The highest BCUT2D eigenvalue weighted by Gasteiger charge is 2.04. The molecule has 0 saturated heterocycles. The van der Waals surface area contributed by atoms with Crippen LogP contribution in [0.2, 0.25) is 0 Å². The molecule has 2 heteroatoms. The van der Waals surface area contributed by atoms with Crippen LogP contribution in [0.4, 0.5) is 0 Å². The van der Waals surface area contributed by atoms with Gasteiger partial charge in [-0.2, -0.15) is 0 Å². The monoisotopic (exact) mass is 210 g/mol. The van der Waals surface area contributed by atoms with Gasteiger partial charge in [-0.1, -0.05) is 24.3 Å². The van der Waals surface area contributed by atoms with E-state index in [0.717, 1.165) is 22.5 Å². The van der Waals surface area contributed by atoms with Gasteiger partial charge in [0.2, 0.25) is 0 Å². The first-order chi connectivity index (χ1) is 7.93. The molecule has 2 nitrogen and oxygen atoms in total. The van der Waals surface area contributed by atoms with Crippen molar-refractivity contribution in [3.8, 4) is 11.5 Å². The first-order valence-electron chi connectivity index (χ1n) is 5.12. The highest BCUT2D eigenvalue weighted by molar-refractivity contribution is 5.84. The zero-order valence-electron chi connectivity index (χ0n) is 8.59. The van der Waals surface area contributed by atoms with Gasteiger partial charge >= 0.3 is 0 Å². The van der Waals surface area contributed by atoms with Crippen molar-refractivity contribution in [2.45, 2.75) is 0 Å². The quantitative estimate of drug-likeness (QED) is 0.631. The van der Waals surface area contributed by atoms with Gasteiger partial charge in [0.15, 0.2) is 0 Å². The molecule has 78 valence electrons. The van der Waals surface area contributed by atoms with Crippen LogP contribution >= 0.6 is 0 Å². The molecule has 0 aliphatic carbocycles. The molecule has 1 heterocycles. The number of furan rings is 1. The van der Waals surface area contributed by atoms with Crippen LogP contribution in [0.3, 0.4) is 0 Å². The third-order valence-corrected chi connectivity index (χ3v) is 2.43. The Balaban J connectivity index is 2.04. The predicted molar refractivity (Wildman–Crippen MR) is 62.7 cm³/mol. The fourth-order valence-corrected chi connectivity index (χ4v) is 1.67. The number of rotatable bonds is 2. The molecular formula is C14H10O2. The molecule has 0 fully saturated rings. The summed E-state index contributed by atoms with van der Waals surface area (Å²) >= 11 is 0. The van der Waals surface area contributed by atoms with E-state index in [1.807, 2.05) is 54.6 Å². The molecule has 16 heavy (non-hydrogen) atoms. The topological polar surface area (TPSA) is 22.4 Å². The largest absolute Gasteiger partial charge is 0.464 e. The fraction of sp³-hybridized carbons (Fsp3) is 0. The van der Waals surface area contributed by atoms with E-state index >= 15 is 0 Å². The van der Waals surface area contributed by atoms with Gasteiger partial charge in [-0.05, 0) is 30.3 Å². The lowest BCUT2D eigenvalue weighted by Crippen LogP contribution is -1.83. The Morgan fingerprint density at radius 3 is 2.56 bits per heavy atom. The van der Waals surface area contributed by atoms with Gasteiger partial charge in [-0.3, -0.25) is 0 Å². The van der Waals surface area contributed by atoms with Crippen molar-refractivity contribution < 1.29 is 9.15 Å². The molecule has 0 N–H and O–H groups in total. The molecule has 0 bridgehead atoms. The number of para-hydroxylation sites is 1. The molecule has 0 aliphatic heterocycles. The van der Waals surface area contributed by atoms with Gasteiger partial charge < -0.3 is 9.15 Å². The van der Waals surface area contributed by atoms with Crippen LogP contribution in [0.5, 0.6) is 11.5 Å². The Morgan fingerprint density at radius 2 is 1.69 bits per heavy atom. The second-order valence-electron chi connectivity index (χ2n) is 3.50. The molecule has 3 rings (SSSR count). The van der Waals surface area contributed by atoms with Crippen LogP contribution in [0.25, 0.3) is 11.0 Å². The average molecular weight is 210 g/mol. The Morgan fingerprint density at radius 1 is 0.812 bits per heavy atom. The van der Waals surface area contributed by atoms with Gasteiger partial charge in [0, 0.05) is 0 Å². The van der Waals surface area contributed by atoms with E-state index in [1.54, 1.807) is 6.26 Å². The van der Waals surface area contributed by atoms with E-state index in [4.69, 9.17) is 9.15 Å². The zero-order valence-corrected chi connectivity index (χ0v) is 8.59. The summed E-state index contributed by atoms with van der Waals surface area (Å²) in [5.41, 5.74) is 0.841. The van der Waals surface area contributed by atoms with E-state index in [9.17, 15) is 0 Å². The number of hydrogen-bond donors (Lipinski definition) is 0. The normalized spacial score (nSPS) is 10.5. The number of benzene rings is 2. The van der Waals surface area contributed by atoms with Crippen molar-refractivity contribution in [2.24, 2.45) is 0 Å². The van der Waals surface area contributed by atoms with Crippen LogP contribution in [0.1, 0.15) is 0 Å². The van der Waals surface area contributed by atoms with Gasteiger partial charge in [0.25, 0.3) is 0 Å². The Labute approximate surface area is 93.1 Å². The second-order valence-corrected chi connectivity index (χ2v) is 3.50. The number of hydrogen-bond acceptors (Lipinski definition) is 2. The summed E-state index contributed by atoms with van der Waals surface area (Å²) in [6, 6.07) is 17.4. The summed E-state index contributed by atoms with van der Waals surface area (Å²) in [6.45, 7) is 0. The van der Waals surface area contributed by atoms with Crippen molar-refractivity contribution >= 4 is 11.0 Å². The van der Waals surface area contributed by atoms with E-state index in [0.29, 0.717) is 0 Å². The van der Waals surface area contributed by atoms with E-state index in [1.165, 1.54) is 0 Å². The van der Waals surface area contributed by atoms with E-state index in [2.05, 4.69) is 0 Å². The molecule has 3 aromatic rings. The summed E-state index contributed by atoms with van der Waals surface area (Å²) in [7, 11) is 0. The molecule has 2 aromatic carbocycles. The lowest BCUT2D eigenvalue weighted by atomic mass is 10.2. The standard InChI is InChI=1S/C14H10O2/c1-2-5-11(6-3-1)16-14-8-4-7-13-12(14)9-10-15-13/h1-10H. The van der Waals surface area contributed by atoms with Crippen LogP contribution in [-0.4, -0.2) is 0 Å². The van der Waals surface area contributed by atoms with Crippen LogP contribution < -0.4 is 4.74 Å². The zero-order chi connectivity index (χ0) is 10.8. The molecule has 0 spiro atoms. The van der Waals surface area contributed by atoms with E-state index in [-0.39, 0.29) is 0 Å². The van der Waals surface area contributed by atoms with Crippen LogP contribution in [-0.2, 0) is 0 Å². The fourth-order valence-electron chi connectivity index (χ4n) is 1.67. The summed E-state index contributed by atoms with van der Waals surface area (Å²) in [5.74, 6) is 1.65. The molecule has 0 atom stereocenters. The third kappa shape index (κ3) is 1.54. The third-order valence-electron chi connectivity index (χ3n) is 2.43. The average Bonchev–Trinajstić information content (AvgIpc) is 2.80. The molecule has 0 saturated carbocycles. The first-order valence-corrected chi connectivity index (χ1v) is 5.12. The lowest BCUT2D eigenvalue weighted by Gasteiger charge is -2.05. The first kappa shape index (κ1) is 9.04. The molecule has 0 aliphatic rings. The van der Waals surface area contributed by atoms with Gasteiger partial charge in [-0.15, -0.1) is 0 Å². The highest BCUT2D eigenvalue weighted by Crippen LogP contribution is 2.30. The second kappa shape index (κ2) is 3.74. The lowest BCUT2D eigenvalue weighted by molar-refractivity contribution is 0.488. The smallest absolute Gasteiger partial charge is 0.138 e. The summed E-state index contributed by atoms with van der Waals surface area (Å²) in [5, 5.41) is 0.992. The van der Waals surface area contributed by atoms with Crippen molar-refractivity contribution in [2.75, 3.05) is 0 Å². The minimum atomic E-state index is 0.817. The van der Waals surface area contributed by atoms with Crippen molar-refractivity contribution in [3.63, 3.8) is 0 Å². The molecule has 0 amide bonds. The Hall–Kier alpha value is -2.22. The maximum absolute atomic E-state index is 5.79.